The normalized spacial score (nSPS) is 23.1. The van der Waals surface area contributed by atoms with E-state index >= 15 is 0 Å². The van der Waals surface area contributed by atoms with Crippen LogP contribution in [0.3, 0.4) is 0 Å². The van der Waals surface area contributed by atoms with Crippen molar-refractivity contribution >= 4 is 28.4 Å². The van der Waals surface area contributed by atoms with Gasteiger partial charge in [-0.15, -0.1) is 11.3 Å². The Morgan fingerprint density at radius 1 is 0.971 bits per heavy atom. The molecule has 6 heteroatoms. The summed E-state index contributed by atoms with van der Waals surface area (Å²) in [5, 5.41) is 3.43. The SMILES string of the molecule is Cc1cc2c(s1)C(N1CCCC1c1ccc(F)cc1)CC(c1ccc(N3CCNCC3)cc1)=N2. The molecule has 3 aliphatic heterocycles. The summed E-state index contributed by atoms with van der Waals surface area (Å²) in [5.74, 6) is -0.166. The van der Waals surface area contributed by atoms with Crippen LogP contribution < -0.4 is 10.2 Å². The Morgan fingerprint density at radius 2 is 1.74 bits per heavy atom. The molecular formula is C28H31FN4S. The monoisotopic (exact) mass is 474 g/mol. The molecule has 6 rings (SSSR count). The number of thiophene rings is 1. The lowest BCUT2D eigenvalue weighted by Gasteiger charge is -2.35. The number of halogens is 1. The second-order valence-corrected chi connectivity index (χ2v) is 10.9. The highest BCUT2D eigenvalue weighted by molar-refractivity contribution is 7.12. The summed E-state index contributed by atoms with van der Waals surface area (Å²) >= 11 is 1.88. The maximum atomic E-state index is 13.6. The summed E-state index contributed by atoms with van der Waals surface area (Å²) in [6.07, 6.45) is 3.20. The van der Waals surface area contributed by atoms with Crippen LogP contribution in [-0.2, 0) is 0 Å². The van der Waals surface area contributed by atoms with Gasteiger partial charge in [0.15, 0.2) is 0 Å². The predicted molar refractivity (Wildman–Crippen MR) is 139 cm³/mol. The third-order valence-electron chi connectivity index (χ3n) is 7.44. The van der Waals surface area contributed by atoms with E-state index in [2.05, 4.69) is 52.4 Å². The van der Waals surface area contributed by atoms with Gasteiger partial charge in [-0.3, -0.25) is 9.89 Å². The lowest BCUT2D eigenvalue weighted by atomic mass is 9.95. The van der Waals surface area contributed by atoms with Gasteiger partial charge in [0.05, 0.1) is 17.4 Å². The van der Waals surface area contributed by atoms with Crippen molar-refractivity contribution in [2.45, 2.75) is 38.3 Å². The van der Waals surface area contributed by atoms with Gasteiger partial charge in [0, 0.05) is 54.1 Å². The highest BCUT2D eigenvalue weighted by Crippen LogP contribution is 2.48. The predicted octanol–water partition coefficient (Wildman–Crippen LogP) is 6.01. The molecule has 3 aromatic rings. The van der Waals surface area contributed by atoms with E-state index in [-0.39, 0.29) is 5.82 Å². The van der Waals surface area contributed by atoms with Crippen molar-refractivity contribution in [1.82, 2.24) is 10.2 Å². The van der Waals surface area contributed by atoms with Crippen LogP contribution in [0.15, 0.2) is 59.6 Å². The maximum absolute atomic E-state index is 13.6. The second kappa shape index (κ2) is 9.25. The third-order valence-corrected chi connectivity index (χ3v) is 8.58. The molecule has 2 atom stereocenters. The number of nitrogens with zero attached hydrogens (tertiary/aromatic N) is 3. The fourth-order valence-corrected chi connectivity index (χ4v) is 6.84. The largest absolute Gasteiger partial charge is 0.369 e. The number of fused-ring (bicyclic) bond motifs is 1. The zero-order valence-electron chi connectivity index (χ0n) is 19.6. The number of aryl methyl sites for hydroxylation is 1. The molecule has 2 unspecified atom stereocenters. The van der Waals surface area contributed by atoms with E-state index in [1.807, 2.05) is 23.5 Å². The maximum Gasteiger partial charge on any atom is 0.123 e. The van der Waals surface area contributed by atoms with E-state index in [4.69, 9.17) is 4.99 Å². The quantitative estimate of drug-likeness (QED) is 0.503. The molecule has 3 aliphatic rings. The van der Waals surface area contributed by atoms with Crippen molar-refractivity contribution in [3.8, 4) is 0 Å². The highest BCUT2D eigenvalue weighted by Gasteiger charge is 2.37. The molecular weight excluding hydrogens is 443 g/mol. The molecule has 1 N–H and O–H groups in total. The molecule has 2 aromatic carbocycles. The molecule has 0 aliphatic carbocycles. The first-order chi connectivity index (χ1) is 16.7. The van der Waals surface area contributed by atoms with E-state index in [1.54, 1.807) is 12.1 Å². The van der Waals surface area contributed by atoms with Gasteiger partial charge in [0.25, 0.3) is 0 Å². The summed E-state index contributed by atoms with van der Waals surface area (Å²) in [4.78, 5) is 12.9. The number of likely N-dealkylation sites (tertiary alicyclic amines) is 1. The zero-order valence-corrected chi connectivity index (χ0v) is 20.5. The molecule has 1 aromatic heterocycles. The molecule has 0 spiro atoms. The van der Waals surface area contributed by atoms with Crippen LogP contribution in [0, 0.1) is 12.7 Å². The van der Waals surface area contributed by atoms with Crippen molar-refractivity contribution < 1.29 is 4.39 Å². The van der Waals surface area contributed by atoms with Crippen molar-refractivity contribution in [1.29, 1.82) is 0 Å². The molecule has 0 bridgehead atoms. The molecule has 4 nitrogen and oxygen atoms in total. The van der Waals surface area contributed by atoms with Crippen LogP contribution in [0.5, 0.6) is 0 Å². The molecule has 0 saturated carbocycles. The highest BCUT2D eigenvalue weighted by atomic mass is 32.1. The van der Waals surface area contributed by atoms with Gasteiger partial charge in [-0.1, -0.05) is 24.3 Å². The Kier molecular flexibility index (Phi) is 5.97. The molecule has 2 fully saturated rings. The van der Waals surface area contributed by atoms with Crippen molar-refractivity contribution in [2.75, 3.05) is 37.6 Å². The van der Waals surface area contributed by atoms with Crippen LogP contribution in [-0.4, -0.2) is 43.3 Å². The number of aliphatic imine (C=N–C) groups is 1. The minimum Gasteiger partial charge on any atom is -0.369 e. The molecule has 4 heterocycles. The lowest BCUT2D eigenvalue weighted by Crippen LogP contribution is -2.43. The Labute approximate surface area is 205 Å². The smallest absolute Gasteiger partial charge is 0.123 e. The molecule has 2 saturated heterocycles. The van der Waals surface area contributed by atoms with Crippen LogP contribution in [0.4, 0.5) is 15.8 Å². The van der Waals surface area contributed by atoms with Gasteiger partial charge < -0.3 is 10.2 Å². The third kappa shape index (κ3) is 4.19. The lowest BCUT2D eigenvalue weighted by molar-refractivity contribution is 0.187. The minimum atomic E-state index is -0.166. The number of nitrogens with one attached hydrogen (secondary N) is 1. The average Bonchev–Trinajstić information content (AvgIpc) is 3.51. The summed E-state index contributed by atoms with van der Waals surface area (Å²) in [7, 11) is 0. The first-order valence-electron chi connectivity index (χ1n) is 12.4. The number of anilines is 1. The summed E-state index contributed by atoms with van der Waals surface area (Å²) < 4.78 is 13.6. The van der Waals surface area contributed by atoms with Crippen LogP contribution >= 0.6 is 11.3 Å². The Balaban J connectivity index is 1.30. The van der Waals surface area contributed by atoms with E-state index in [9.17, 15) is 4.39 Å². The van der Waals surface area contributed by atoms with Crippen LogP contribution in [0.25, 0.3) is 0 Å². The van der Waals surface area contributed by atoms with Gasteiger partial charge in [0.1, 0.15) is 5.82 Å². The van der Waals surface area contributed by atoms with Gasteiger partial charge in [-0.2, -0.15) is 0 Å². The standard InChI is InChI=1S/C28H31FN4S/c1-19-17-25-28(34-19)27(33-14-2-3-26(33)21-4-8-22(29)9-5-21)18-24(31-25)20-6-10-23(11-7-20)32-15-12-30-13-16-32/h4-11,17,26-27,30H,2-3,12-16,18H2,1H3. The summed E-state index contributed by atoms with van der Waals surface area (Å²) in [6.45, 7) is 7.44. The molecule has 0 amide bonds. The number of hydrogen-bond acceptors (Lipinski definition) is 5. The van der Waals surface area contributed by atoms with E-state index in [0.29, 0.717) is 12.1 Å². The average molecular weight is 475 g/mol. The van der Waals surface area contributed by atoms with Crippen molar-refractivity contribution in [3.05, 3.63) is 81.3 Å². The number of hydrogen-bond donors (Lipinski definition) is 1. The minimum absolute atomic E-state index is 0.166. The fraction of sp³-hybridized carbons (Fsp3) is 0.393. The fourth-order valence-electron chi connectivity index (χ4n) is 5.75. The van der Waals surface area contributed by atoms with Gasteiger partial charge >= 0.3 is 0 Å². The van der Waals surface area contributed by atoms with Gasteiger partial charge in [-0.25, -0.2) is 4.39 Å². The van der Waals surface area contributed by atoms with Crippen molar-refractivity contribution in [2.24, 2.45) is 4.99 Å². The molecule has 34 heavy (non-hydrogen) atoms. The first-order valence-corrected chi connectivity index (χ1v) is 13.2. The second-order valence-electron chi connectivity index (χ2n) is 9.62. The Morgan fingerprint density at radius 3 is 2.50 bits per heavy atom. The number of rotatable bonds is 4. The summed E-state index contributed by atoms with van der Waals surface area (Å²) in [6, 6.07) is 19.0. The molecule has 176 valence electrons. The van der Waals surface area contributed by atoms with Crippen LogP contribution in [0.2, 0.25) is 0 Å². The van der Waals surface area contributed by atoms with Gasteiger partial charge in [0.2, 0.25) is 0 Å². The number of piperazine rings is 1. The first kappa shape index (κ1) is 22.0. The van der Waals surface area contributed by atoms with Gasteiger partial charge in [-0.05, 0) is 67.8 Å². The van der Waals surface area contributed by atoms with E-state index in [0.717, 1.165) is 51.3 Å². The van der Waals surface area contributed by atoms with Crippen LogP contribution in [0.1, 0.15) is 52.2 Å². The number of benzene rings is 2. The Bertz CT molecular complexity index is 1180. The topological polar surface area (TPSA) is 30.9 Å². The van der Waals surface area contributed by atoms with Crippen molar-refractivity contribution in [3.63, 3.8) is 0 Å². The van der Waals surface area contributed by atoms with E-state index < -0.39 is 0 Å². The van der Waals surface area contributed by atoms with E-state index in [1.165, 1.54) is 38.7 Å². The Hall–Kier alpha value is -2.54. The zero-order chi connectivity index (χ0) is 23.1. The summed E-state index contributed by atoms with van der Waals surface area (Å²) in [5.41, 5.74) is 6.03. The molecule has 0 radical (unpaired) electrons.